The Hall–Kier alpha value is -1.48. The van der Waals surface area contributed by atoms with Crippen molar-refractivity contribution in [3.8, 4) is 0 Å². The fourth-order valence-corrected chi connectivity index (χ4v) is 45.7. The minimum atomic E-state index is -4.86. The van der Waals surface area contributed by atoms with Crippen LogP contribution in [-0.4, -0.2) is 50.3 Å². The summed E-state index contributed by atoms with van der Waals surface area (Å²) in [6.45, 7) is 7.57. The number of rotatable bonds is 18. The molecule has 2 rings (SSSR count). The monoisotopic (exact) mass is 834 g/mol. The molecule has 0 aliphatic heterocycles. The van der Waals surface area contributed by atoms with Crippen LogP contribution in [0.4, 0.5) is 26.3 Å². The minimum absolute atomic E-state index is 0.257. The van der Waals surface area contributed by atoms with Gasteiger partial charge in [0.25, 0.3) is 0 Å². The van der Waals surface area contributed by atoms with Gasteiger partial charge in [-0.2, -0.15) is 0 Å². The van der Waals surface area contributed by atoms with Crippen molar-refractivity contribution in [3.63, 3.8) is 0 Å². The molecule has 0 bridgehead atoms. The molecule has 0 N–H and O–H groups in total. The molecule has 2 aromatic carbocycles. The molecule has 240 valence electrons. The van der Waals surface area contributed by atoms with Gasteiger partial charge < -0.3 is 0 Å². The van der Waals surface area contributed by atoms with Gasteiger partial charge in [-0.25, -0.2) is 0 Å². The Bertz CT molecular complexity index is 1140. The van der Waals surface area contributed by atoms with E-state index < -0.39 is 96.4 Å². The third-order valence-corrected chi connectivity index (χ3v) is 39.4. The van der Waals surface area contributed by atoms with Gasteiger partial charge in [0.1, 0.15) is 0 Å². The van der Waals surface area contributed by atoms with Crippen LogP contribution in [0.25, 0.3) is 0 Å². The van der Waals surface area contributed by atoms with Crippen LogP contribution < -0.4 is 0 Å². The summed E-state index contributed by atoms with van der Waals surface area (Å²) in [6.07, 6.45) is 4.69. The van der Waals surface area contributed by atoms with E-state index in [0.717, 1.165) is 0 Å². The molecule has 5 nitrogen and oxygen atoms in total. The first-order valence-corrected chi connectivity index (χ1v) is 27.6. The van der Waals surface area contributed by atoms with Crippen LogP contribution >= 0.6 is 0 Å². The van der Waals surface area contributed by atoms with E-state index in [1.165, 1.54) is 0 Å². The molecule has 0 radical (unpaired) electrons. The molecule has 0 amide bonds. The molecule has 0 saturated heterocycles. The summed E-state index contributed by atoms with van der Waals surface area (Å²) in [5.41, 5.74) is -2.36. The van der Waals surface area contributed by atoms with Crippen molar-refractivity contribution in [3.05, 3.63) is 70.3 Å². The van der Waals surface area contributed by atoms with Gasteiger partial charge in [-0.3, -0.25) is 0 Å². The summed E-state index contributed by atoms with van der Waals surface area (Å²) < 4.78 is 106. The normalized spacial score (nSPS) is 12.0. The molecule has 43 heavy (non-hydrogen) atoms. The second-order valence-electron chi connectivity index (χ2n) is 10.6. The number of carbonyl (C=O) groups is 2. The van der Waals surface area contributed by atoms with E-state index >= 15 is 0 Å². The molecule has 0 aliphatic rings. The first-order chi connectivity index (χ1) is 20.4. The molecular formula is C30H40F6O5Sn2. The number of unbranched alkanes of at least 4 members (excludes halogenated alkanes) is 4. The van der Waals surface area contributed by atoms with E-state index in [-0.39, 0.29) is 17.7 Å². The molecule has 0 aliphatic carbocycles. The van der Waals surface area contributed by atoms with Gasteiger partial charge in [0.15, 0.2) is 0 Å². The van der Waals surface area contributed by atoms with Gasteiger partial charge in [-0.1, -0.05) is 0 Å². The van der Waals surface area contributed by atoms with E-state index in [2.05, 4.69) is 0 Å². The van der Waals surface area contributed by atoms with Crippen LogP contribution in [0.3, 0.4) is 0 Å². The number of carbonyl (C=O) groups excluding carboxylic acids is 2. The number of halogens is 6. The molecule has 0 heterocycles. The molecule has 13 heteroatoms. The van der Waals surface area contributed by atoms with Gasteiger partial charge in [0, 0.05) is 0 Å². The Balaban J connectivity index is 2.70. The van der Waals surface area contributed by atoms with Gasteiger partial charge in [0.2, 0.25) is 0 Å². The van der Waals surface area contributed by atoms with Crippen molar-refractivity contribution in [2.45, 2.75) is 96.8 Å². The van der Waals surface area contributed by atoms with Crippen molar-refractivity contribution >= 4 is 50.3 Å². The SMILES string of the molecule is CCC[CH2][Sn]([CH2]CCC)([O]C(=O)c1c(F)ccc(F)c1F)[O][Sn]([CH2]CCC)([CH2]CCC)[O]C(=O)c1c(F)ccc(F)c1F. The van der Waals surface area contributed by atoms with E-state index in [1.54, 1.807) is 0 Å². The van der Waals surface area contributed by atoms with Crippen LogP contribution in [0, 0.1) is 34.9 Å². The summed E-state index contributed by atoms with van der Waals surface area (Å²) in [5, 5.41) is 0. The summed E-state index contributed by atoms with van der Waals surface area (Å²) >= 11 is -9.72. The Morgan fingerprint density at radius 3 is 1.09 bits per heavy atom. The second-order valence-corrected chi connectivity index (χ2v) is 32.3. The second kappa shape index (κ2) is 17.9. The Morgan fingerprint density at radius 2 is 0.814 bits per heavy atom. The van der Waals surface area contributed by atoms with Crippen molar-refractivity contribution in [2.24, 2.45) is 0 Å². The zero-order chi connectivity index (χ0) is 32.2. The van der Waals surface area contributed by atoms with Crippen molar-refractivity contribution in [1.29, 1.82) is 0 Å². The van der Waals surface area contributed by atoms with Crippen LogP contribution in [0.5, 0.6) is 0 Å². The van der Waals surface area contributed by atoms with E-state index in [0.29, 0.717) is 75.6 Å². The number of hydrogen-bond donors (Lipinski definition) is 0. The molecule has 0 saturated carbocycles. The first-order valence-electron chi connectivity index (χ1n) is 14.8. The Labute approximate surface area is 259 Å². The van der Waals surface area contributed by atoms with Crippen molar-refractivity contribution in [2.75, 3.05) is 0 Å². The molecule has 2 aromatic rings. The van der Waals surface area contributed by atoms with Crippen LogP contribution in [0.1, 0.15) is 99.8 Å². The van der Waals surface area contributed by atoms with Crippen molar-refractivity contribution < 1.29 is 43.5 Å². The van der Waals surface area contributed by atoms with Gasteiger partial charge in [-0.05, 0) is 0 Å². The molecule has 0 aromatic heterocycles. The van der Waals surface area contributed by atoms with E-state index in [9.17, 15) is 35.9 Å². The average Bonchev–Trinajstić information content (AvgIpc) is 2.97. The number of hydrogen-bond acceptors (Lipinski definition) is 5. The van der Waals surface area contributed by atoms with Crippen molar-refractivity contribution in [1.82, 2.24) is 0 Å². The molecule has 0 spiro atoms. The summed E-state index contributed by atoms with van der Waals surface area (Å²) in [4.78, 5) is 26.7. The number of benzene rings is 2. The molecule has 0 fully saturated rings. The van der Waals surface area contributed by atoms with E-state index in [4.69, 9.17) is 7.56 Å². The zero-order valence-electron chi connectivity index (χ0n) is 25.1. The maximum absolute atomic E-state index is 14.6. The van der Waals surface area contributed by atoms with Gasteiger partial charge in [-0.15, -0.1) is 0 Å². The maximum atomic E-state index is 14.6. The summed E-state index contributed by atoms with van der Waals surface area (Å²) in [5.74, 6) is -11.6. The fourth-order valence-electron chi connectivity index (χ4n) is 4.69. The topological polar surface area (TPSA) is 61.8 Å². The fraction of sp³-hybridized carbons (Fsp3) is 0.533. The Morgan fingerprint density at radius 1 is 0.535 bits per heavy atom. The zero-order valence-corrected chi connectivity index (χ0v) is 30.8. The standard InChI is InChI=1S/2C7H3F3O2.4C4H9.O.2Sn/c2*8-3-1-2-4(9)6(10)5(3)7(11)12;4*1-3-4-2;;;/h2*1-2H,(H,11,12);4*1,3-4H2,2H3;;;/q;;;;;;;2*+1/p-2. The molecule has 0 atom stereocenters. The molecule has 0 unspecified atom stereocenters. The van der Waals surface area contributed by atoms with Crippen LogP contribution in [-0.2, 0) is 7.56 Å². The first kappa shape index (κ1) is 37.7. The predicted octanol–water partition coefficient (Wildman–Crippen LogP) is 9.64. The molecular weight excluding hydrogens is 792 g/mol. The summed E-state index contributed by atoms with van der Waals surface area (Å²) in [7, 11) is 0. The predicted molar refractivity (Wildman–Crippen MR) is 155 cm³/mol. The van der Waals surface area contributed by atoms with Crippen LogP contribution in [0.2, 0.25) is 17.7 Å². The third-order valence-electron chi connectivity index (χ3n) is 7.07. The van der Waals surface area contributed by atoms with Crippen LogP contribution in [0.15, 0.2) is 24.3 Å². The quantitative estimate of drug-likeness (QED) is 0.0852. The average molecular weight is 832 g/mol. The third kappa shape index (κ3) is 10.3. The summed E-state index contributed by atoms with van der Waals surface area (Å²) in [6, 6.07) is 2.37. The Kier molecular flexibility index (Phi) is 15.7. The van der Waals surface area contributed by atoms with Gasteiger partial charge >= 0.3 is 261 Å². The van der Waals surface area contributed by atoms with Gasteiger partial charge in [0.05, 0.1) is 0 Å². The van der Waals surface area contributed by atoms with E-state index in [1.807, 2.05) is 27.7 Å².